The molecule has 0 unspecified atom stereocenters. The van der Waals surface area contributed by atoms with Crippen LogP contribution in [0.15, 0.2) is 0 Å². The van der Waals surface area contributed by atoms with Crippen molar-refractivity contribution >= 4 is 11.9 Å². The van der Waals surface area contributed by atoms with Gasteiger partial charge in [0.1, 0.15) is 0 Å². The van der Waals surface area contributed by atoms with Crippen molar-refractivity contribution in [3.63, 3.8) is 0 Å². The maximum Gasteiger partial charge on any atom is 0.303 e. The van der Waals surface area contributed by atoms with Gasteiger partial charge in [0, 0.05) is 12.8 Å². The Morgan fingerprint density at radius 3 is 0.769 bits per heavy atom. The minimum Gasteiger partial charge on any atom is -0.481 e. The molecule has 8 heteroatoms. The highest BCUT2D eigenvalue weighted by atomic mass is 16.4. The fourth-order valence-electron chi connectivity index (χ4n) is 3.83. The topological polar surface area (TPSA) is 156 Å². The molecule has 0 fully saturated rings. The minimum absolute atomic E-state index is 0.343. The van der Waals surface area contributed by atoms with Gasteiger partial charge in [0.05, 0.1) is 31.8 Å². The van der Waals surface area contributed by atoms with E-state index in [9.17, 15) is 9.59 Å². The summed E-state index contributed by atoms with van der Waals surface area (Å²) in [4.78, 5) is 20.5. The molecule has 0 aliphatic heterocycles. The van der Waals surface area contributed by atoms with Crippen LogP contribution in [-0.4, -0.2) is 69.0 Å². The first-order valence-corrected chi connectivity index (χ1v) is 15.7. The van der Waals surface area contributed by atoms with Gasteiger partial charge >= 0.3 is 11.9 Å². The zero-order valence-corrected chi connectivity index (χ0v) is 25.4. The van der Waals surface area contributed by atoms with Gasteiger partial charge in [-0.05, 0) is 12.8 Å². The van der Waals surface area contributed by atoms with Gasteiger partial charge in [0.2, 0.25) is 0 Å². The van der Waals surface area contributed by atoms with E-state index in [0.29, 0.717) is 12.8 Å². The molecule has 0 spiro atoms. The normalized spacial score (nSPS) is 10.8. The predicted octanol–water partition coefficient (Wildman–Crippen LogP) is 6.71. The van der Waals surface area contributed by atoms with Crippen molar-refractivity contribution < 1.29 is 40.2 Å². The number of hydrogen-bond donors (Lipinski definition) is 6. The van der Waals surface area contributed by atoms with Gasteiger partial charge in [0.25, 0.3) is 0 Å². The lowest BCUT2D eigenvalue weighted by molar-refractivity contribution is -0.138. The molecule has 0 amide bonds. The van der Waals surface area contributed by atoms with Crippen LogP contribution in [-0.2, 0) is 9.59 Å². The van der Waals surface area contributed by atoms with Crippen molar-refractivity contribution in [2.45, 2.75) is 155 Å². The van der Waals surface area contributed by atoms with Gasteiger partial charge in [0.15, 0.2) is 0 Å². The maximum atomic E-state index is 10.3. The molecule has 0 aliphatic carbocycles. The van der Waals surface area contributed by atoms with Crippen molar-refractivity contribution in [1.29, 1.82) is 0 Å². The van der Waals surface area contributed by atoms with Crippen LogP contribution in [0.25, 0.3) is 0 Å². The monoisotopic (exact) mass is 564 g/mol. The molecule has 6 N–H and O–H groups in total. The molecule has 236 valence electrons. The van der Waals surface area contributed by atoms with E-state index in [-0.39, 0.29) is 0 Å². The summed E-state index contributed by atoms with van der Waals surface area (Å²) in [6.45, 7) is 2.85. The third-order valence-electron chi connectivity index (χ3n) is 6.83. The van der Waals surface area contributed by atoms with E-state index in [1.807, 2.05) is 0 Å². The van der Waals surface area contributed by atoms with Crippen LogP contribution in [0.3, 0.4) is 0 Å². The van der Waals surface area contributed by atoms with Crippen molar-refractivity contribution in [2.75, 3.05) is 26.4 Å². The number of hydrogen-bond acceptors (Lipinski definition) is 6. The molecule has 8 nitrogen and oxygen atoms in total. The minimum atomic E-state index is -1.11. The molecular weight excluding hydrogens is 500 g/mol. The van der Waals surface area contributed by atoms with E-state index in [1.54, 1.807) is 0 Å². The molecule has 0 aliphatic rings. The second-order valence-electron chi connectivity index (χ2n) is 10.8. The summed E-state index contributed by atoms with van der Waals surface area (Å²) in [6, 6.07) is 0. The smallest absolute Gasteiger partial charge is 0.303 e. The molecule has 0 bridgehead atoms. The van der Waals surface area contributed by atoms with Crippen molar-refractivity contribution in [3.05, 3.63) is 0 Å². The average Bonchev–Trinajstić information content (AvgIpc) is 2.93. The quantitative estimate of drug-likeness (QED) is 0.0633. The lowest BCUT2D eigenvalue weighted by atomic mass is 9.93. The Bertz CT molecular complexity index is 477. The molecule has 0 saturated carbocycles. The van der Waals surface area contributed by atoms with E-state index in [2.05, 4.69) is 13.8 Å². The Hall–Kier alpha value is -1.22. The van der Waals surface area contributed by atoms with Gasteiger partial charge in [-0.2, -0.15) is 0 Å². The van der Waals surface area contributed by atoms with Gasteiger partial charge in [-0.25, -0.2) is 0 Å². The third kappa shape index (κ3) is 36.8. The number of aliphatic hydroxyl groups is 4. The Labute approximate surface area is 239 Å². The number of carbonyl (C=O) groups is 2. The van der Waals surface area contributed by atoms with E-state index < -0.39 is 43.8 Å². The summed E-state index contributed by atoms with van der Waals surface area (Å²) in [5.41, 5.74) is -1.11. The van der Waals surface area contributed by atoms with E-state index >= 15 is 0 Å². The summed E-state index contributed by atoms with van der Waals surface area (Å²) in [5, 5.41) is 50.9. The number of carboxylic acids is 2. The summed E-state index contributed by atoms with van der Waals surface area (Å²) < 4.78 is 0. The Morgan fingerprint density at radius 1 is 0.410 bits per heavy atom. The third-order valence-corrected chi connectivity index (χ3v) is 6.83. The molecule has 0 aromatic rings. The lowest BCUT2D eigenvalue weighted by Gasteiger charge is -2.23. The van der Waals surface area contributed by atoms with E-state index in [1.165, 1.54) is 103 Å². The zero-order valence-electron chi connectivity index (χ0n) is 25.4. The molecule has 0 aromatic carbocycles. The average molecular weight is 565 g/mol. The van der Waals surface area contributed by atoms with E-state index in [4.69, 9.17) is 30.6 Å². The first-order chi connectivity index (χ1) is 18.8. The van der Waals surface area contributed by atoms with Crippen LogP contribution < -0.4 is 0 Å². The molecule has 0 aromatic heterocycles. The van der Waals surface area contributed by atoms with Crippen LogP contribution in [0.1, 0.15) is 155 Å². The van der Waals surface area contributed by atoms with Gasteiger partial charge in [-0.1, -0.05) is 129 Å². The van der Waals surface area contributed by atoms with Gasteiger partial charge < -0.3 is 30.6 Å². The van der Waals surface area contributed by atoms with Crippen LogP contribution >= 0.6 is 0 Å². The van der Waals surface area contributed by atoms with Crippen LogP contribution in [0, 0.1) is 5.41 Å². The van der Waals surface area contributed by atoms with Gasteiger partial charge in [-0.3, -0.25) is 9.59 Å². The fraction of sp³-hybridized carbons (Fsp3) is 0.935. The summed E-state index contributed by atoms with van der Waals surface area (Å²) in [6.07, 6.45) is 25.8. The molecule has 0 heterocycles. The SMILES string of the molecule is CCCCCCCCCCCC(=O)O.CCCCCCCCCCCCCC(=O)O.OCC(CO)(CO)CO. The highest BCUT2D eigenvalue weighted by Crippen LogP contribution is 2.13. The Kier molecular flexibility index (Phi) is 37.7. The largest absolute Gasteiger partial charge is 0.481 e. The van der Waals surface area contributed by atoms with Gasteiger partial charge in [-0.15, -0.1) is 0 Å². The number of carboxylic acid groups (broad SMARTS) is 2. The molecule has 0 saturated heterocycles. The second kappa shape index (κ2) is 34.8. The summed E-state index contributed by atoms with van der Waals surface area (Å²) >= 11 is 0. The lowest BCUT2D eigenvalue weighted by Crippen LogP contribution is -2.37. The zero-order chi connectivity index (χ0) is 30.0. The predicted molar refractivity (Wildman–Crippen MR) is 159 cm³/mol. The second-order valence-corrected chi connectivity index (χ2v) is 10.8. The van der Waals surface area contributed by atoms with Crippen molar-refractivity contribution in [1.82, 2.24) is 0 Å². The Morgan fingerprint density at radius 2 is 0.615 bits per heavy atom. The van der Waals surface area contributed by atoms with E-state index in [0.717, 1.165) is 25.7 Å². The molecule has 0 radical (unpaired) electrons. The molecule has 39 heavy (non-hydrogen) atoms. The summed E-state index contributed by atoms with van der Waals surface area (Å²) in [5.74, 6) is -1.32. The molecule has 0 atom stereocenters. The number of rotatable bonds is 26. The molecular formula is C31H64O8. The number of aliphatic carboxylic acids is 2. The Balaban J connectivity index is -0.000000518. The van der Waals surface area contributed by atoms with Crippen LogP contribution in [0.5, 0.6) is 0 Å². The number of unbranched alkanes of at least 4 members (excludes halogenated alkanes) is 18. The standard InChI is InChI=1S/C14H28O2.C12H24O2.C5H12O4/c1-2-3-4-5-6-7-8-9-10-11-12-13-14(15)16;1-2-3-4-5-6-7-8-9-10-11-12(13)14;6-1-5(2-7,3-8)4-9/h2-13H2,1H3,(H,15,16);2-11H2,1H3,(H,13,14);6-9H,1-4H2. The fourth-order valence-corrected chi connectivity index (χ4v) is 3.83. The summed E-state index contributed by atoms with van der Waals surface area (Å²) in [7, 11) is 0. The van der Waals surface area contributed by atoms with Crippen molar-refractivity contribution in [3.8, 4) is 0 Å². The highest BCUT2D eigenvalue weighted by molar-refractivity contribution is 5.66. The van der Waals surface area contributed by atoms with Crippen LogP contribution in [0.4, 0.5) is 0 Å². The highest BCUT2D eigenvalue weighted by Gasteiger charge is 2.26. The number of aliphatic hydroxyl groups excluding tert-OH is 4. The first-order valence-electron chi connectivity index (χ1n) is 15.7. The van der Waals surface area contributed by atoms with Crippen molar-refractivity contribution in [2.24, 2.45) is 5.41 Å². The maximum absolute atomic E-state index is 10.3. The van der Waals surface area contributed by atoms with Crippen LogP contribution in [0.2, 0.25) is 0 Å². The molecule has 0 rings (SSSR count). The first kappa shape index (κ1) is 42.2.